The second-order valence-corrected chi connectivity index (χ2v) is 5.11. The van der Waals surface area contributed by atoms with Crippen molar-refractivity contribution in [2.45, 2.75) is 18.9 Å². The van der Waals surface area contributed by atoms with E-state index in [-0.39, 0.29) is 11.9 Å². The quantitative estimate of drug-likeness (QED) is 0.821. The summed E-state index contributed by atoms with van der Waals surface area (Å²) in [5.74, 6) is -0.0172. The largest absolute Gasteiger partial charge is 0.399 e. The van der Waals surface area contributed by atoms with E-state index < -0.39 is 0 Å². The molecule has 1 atom stereocenters. The van der Waals surface area contributed by atoms with E-state index in [1.807, 2.05) is 4.90 Å². The van der Waals surface area contributed by atoms with Crippen LogP contribution in [0, 0.1) is 0 Å². The number of nitrogens with two attached hydrogens (primary N) is 1. The molecular weight excluding hydrogens is 273 g/mol. The number of anilines is 2. The van der Waals surface area contributed by atoms with Gasteiger partial charge in [-0.1, -0.05) is 23.2 Å². The van der Waals surface area contributed by atoms with Gasteiger partial charge < -0.3 is 16.0 Å². The zero-order chi connectivity index (χ0) is 13.3. The van der Waals surface area contributed by atoms with Gasteiger partial charge in [0.15, 0.2) is 0 Å². The maximum atomic E-state index is 11.8. The van der Waals surface area contributed by atoms with Crippen LogP contribution in [-0.2, 0) is 4.79 Å². The van der Waals surface area contributed by atoms with Crippen LogP contribution in [0.25, 0.3) is 0 Å². The standard InChI is InChI=1S/C12H15Cl2N3O/c1-16-12(18)10-3-2-4-17(10)11-8(13)5-7(15)6-9(11)14/h5-6,10H,2-4,15H2,1H3,(H,16,18). The Balaban J connectivity index is 2.39. The lowest BCUT2D eigenvalue weighted by Gasteiger charge is -2.27. The number of carbonyl (C=O) groups is 1. The molecule has 0 bridgehead atoms. The summed E-state index contributed by atoms with van der Waals surface area (Å²) in [6.45, 7) is 0.765. The van der Waals surface area contributed by atoms with Crippen LogP contribution >= 0.6 is 23.2 Å². The minimum atomic E-state index is -0.214. The van der Waals surface area contributed by atoms with E-state index in [0.717, 1.165) is 19.4 Å². The highest BCUT2D eigenvalue weighted by molar-refractivity contribution is 6.39. The van der Waals surface area contributed by atoms with Crippen molar-refractivity contribution in [3.8, 4) is 0 Å². The Bertz CT molecular complexity index is 455. The van der Waals surface area contributed by atoms with Crippen molar-refractivity contribution in [2.24, 2.45) is 0 Å². The molecule has 1 aliphatic rings. The highest BCUT2D eigenvalue weighted by atomic mass is 35.5. The number of hydrogen-bond donors (Lipinski definition) is 2. The first-order chi connectivity index (χ1) is 8.54. The highest BCUT2D eigenvalue weighted by Crippen LogP contribution is 2.39. The molecule has 1 aliphatic heterocycles. The lowest BCUT2D eigenvalue weighted by Crippen LogP contribution is -2.42. The van der Waals surface area contributed by atoms with Crippen molar-refractivity contribution >= 4 is 40.5 Å². The molecule has 2 rings (SSSR count). The minimum absolute atomic E-state index is 0.0172. The first-order valence-electron chi connectivity index (χ1n) is 5.77. The van der Waals surface area contributed by atoms with Crippen LogP contribution in [0.5, 0.6) is 0 Å². The number of hydrogen-bond acceptors (Lipinski definition) is 3. The van der Waals surface area contributed by atoms with Gasteiger partial charge in [-0.25, -0.2) is 0 Å². The Labute approximate surface area is 116 Å². The van der Waals surface area contributed by atoms with E-state index in [9.17, 15) is 4.79 Å². The van der Waals surface area contributed by atoms with Gasteiger partial charge in [-0.05, 0) is 25.0 Å². The number of amides is 1. The van der Waals surface area contributed by atoms with E-state index in [4.69, 9.17) is 28.9 Å². The van der Waals surface area contributed by atoms with Gasteiger partial charge in [0.2, 0.25) is 5.91 Å². The molecular formula is C12H15Cl2N3O. The Morgan fingerprint density at radius 2 is 2.06 bits per heavy atom. The zero-order valence-electron chi connectivity index (χ0n) is 10.0. The van der Waals surface area contributed by atoms with Crippen molar-refractivity contribution in [1.29, 1.82) is 0 Å². The van der Waals surface area contributed by atoms with Crippen LogP contribution in [0.3, 0.4) is 0 Å². The van der Waals surface area contributed by atoms with E-state index >= 15 is 0 Å². The molecule has 6 heteroatoms. The average Bonchev–Trinajstić information content (AvgIpc) is 2.75. The van der Waals surface area contributed by atoms with Crippen LogP contribution in [0.1, 0.15) is 12.8 Å². The maximum absolute atomic E-state index is 11.8. The fraction of sp³-hybridized carbons (Fsp3) is 0.417. The molecule has 98 valence electrons. The predicted octanol–water partition coefficient (Wildman–Crippen LogP) is 2.29. The second-order valence-electron chi connectivity index (χ2n) is 4.30. The van der Waals surface area contributed by atoms with E-state index in [2.05, 4.69) is 5.32 Å². The fourth-order valence-corrected chi connectivity index (χ4v) is 3.05. The smallest absolute Gasteiger partial charge is 0.242 e. The van der Waals surface area contributed by atoms with Crippen molar-refractivity contribution in [3.05, 3.63) is 22.2 Å². The summed E-state index contributed by atoms with van der Waals surface area (Å²) in [6.07, 6.45) is 1.74. The van der Waals surface area contributed by atoms with Crippen LogP contribution in [0.2, 0.25) is 10.0 Å². The van der Waals surface area contributed by atoms with Crippen molar-refractivity contribution < 1.29 is 4.79 Å². The number of likely N-dealkylation sites (N-methyl/N-ethyl adjacent to an activating group) is 1. The number of halogens is 2. The van der Waals surface area contributed by atoms with Crippen LogP contribution in [0.4, 0.5) is 11.4 Å². The van der Waals surface area contributed by atoms with Crippen molar-refractivity contribution in [1.82, 2.24) is 5.32 Å². The highest BCUT2D eigenvalue weighted by Gasteiger charge is 2.32. The average molecular weight is 288 g/mol. The minimum Gasteiger partial charge on any atom is -0.399 e. The molecule has 18 heavy (non-hydrogen) atoms. The summed E-state index contributed by atoms with van der Waals surface area (Å²) in [6, 6.07) is 3.10. The number of nitrogens with one attached hydrogen (secondary N) is 1. The third-order valence-electron chi connectivity index (χ3n) is 3.13. The molecule has 0 aliphatic carbocycles. The Kier molecular flexibility index (Phi) is 3.88. The molecule has 0 aromatic heterocycles. The maximum Gasteiger partial charge on any atom is 0.242 e. The first-order valence-corrected chi connectivity index (χ1v) is 6.53. The Hall–Kier alpha value is -1.13. The SMILES string of the molecule is CNC(=O)C1CCCN1c1c(Cl)cc(N)cc1Cl. The van der Waals surface area contributed by atoms with E-state index in [0.29, 0.717) is 21.4 Å². The molecule has 1 amide bonds. The van der Waals surface area contributed by atoms with Gasteiger partial charge >= 0.3 is 0 Å². The van der Waals surface area contributed by atoms with Gasteiger partial charge in [-0.2, -0.15) is 0 Å². The number of rotatable bonds is 2. The number of benzene rings is 1. The summed E-state index contributed by atoms with van der Waals surface area (Å²) in [7, 11) is 1.63. The third-order valence-corrected chi connectivity index (χ3v) is 3.70. The van der Waals surface area contributed by atoms with Crippen molar-refractivity contribution in [3.63, 3.8) is 0 Å². The fourth-order valence-electron chi connectivity index (χ4n) is 2.33. The lowest BCUT2D eigenvalue weighted by atomic mass is 10.2. The molecule has 0 radical (unpaired) electrons. The predicted molar refractivity (Wildman–Crippen MR) is 75.3 cm³/mol. The number of nitrogen functional groups attached to an aromatic ring is 1. The van der Waals surface area contributed by atoms with Crippen LogP contribution < -0.4 is 16.0 Å². The summed E-state index contributed by atoms with van der Waals surface area (Å²) in [4.78, 5) is 13.8. The first kappa shape index (κ1) is 13.3. The van der Waals surface area contributed by atoms with Crippen molar-refractivity contribution in [2.75, 3.05) is 24.2 Å². The van der Waals surface area contributed by atoms with E-state index in [1.54, 1.807) is 19.2 Å². The lowest BCUT2D eigenvalue weighted by molar-refractivity contribution is -0.121. The molecule has 3 N–H and O–H groups in total. The summed E-state index contributed by atoms with van der Waals surface area (Å²) in [5, 5.41) is 3.63. The normalized spacial score (nSPS) is 19.1. The molecule has 0 spiro atoms. The molecule has 1 aromatic rings. The molecule has 1 heterocycles. The van der Waals surface area contributed by atoms with Gasteiger partial charge in [0.1, 0.15) is 6.04 Å². The zero-order valence-corrected chi connectivity index (χ0v) is 11.6. The van der Waals surface area contributed by atoms with Gasteiger partial charge in [0.05, 0.1) is 15.7 Å². The summed E-state index contributed by atoms with van der Waals surface area (Å²) in [5.41, 5.74) is 6.89. The Morgan fingerprint density at radius 1 is 1.44 bits per heavy atom. The van der Waals surface area contributed by atoms with Crippen LogP contribution in [-0.4, -0.2) is 25.5 Å². The summed E-state index contributed by atoms with van der Waals surface area (Å²) < 4.78 is 0. The third kappa shape index (κ3) is 2.35. The number of nitrogens with zero attached hydrogens (tertiary/aromatic N) is 1. The topological polar surface area (TPSA) is 58.4 Å². The van der Waals surface area contributed by atoms with E-state index in [1.165, 1.54) is 0 Å². The molecule has 1 unspecified atom stereocenters. The monoisotopic (exact) mass is 287 g/mol. The second kappa shape index (κ2) is 5.24. The van der Waals surface area contributed by atoms with Gasteiger partial charge in [0, 0.05) is 19.3 Å². The molecule has 1 aromatic carbocycles. The molecule has 4 nitrogen and oxygen atoms in total. The van der Waals surface area contributed by atoms with Crippen LogP contribution in [0.15, 0.2) is 12.1 Å². The molecule has 1 saturated heterocycles. The molecule has 1 fully saturated rings. The van der Waals surface area contributed by atoms with Gasteiger partial charge in [-0.15, -0.1) is 0 Å². The van der Waals surface area contributed by atoms with Gasteiger partial charge in [-0.3, -0.25) is 4.79 Å². The molecule has 0 saturated carbocycles. The Morgan fingerprint density at radius 3 is 2.61 bits per heavy atom. The summed E-state index contributed by atoms with van der Waals surface area (Å²) >= 11 is 12.4. The number of carbonyl (C=O) groups excluding carboxylic acids is 1. The van der Waals surface area contributed by atoms with Gasteiger partial charge in [0.25, 0.3) is 0 Å².